The van der Waals surface area contributed by atoms with Crippen molar-refractivity contribution in [3.63, 3.8) is 0 Å². The number of methoxy groups -OCH3 is 1. The molecule has 0 aliphatic heterocycles. The van der Waals surface area contributed by atoms with Crippen LogP contribution in [0.2, 0.25) is 0 Å². The summed E-state index contributed by atoms with van der Waals surface area (Å²) in [6.07, 6.45) is 1.29. The number of hydrogen-bond donors (Lipinski definition) is 2. The van der Waals surface area contributed by atoms with Gasteiger partial charge in [0.25, 0.3) is 0 Å². The zero-order valence-electron chi connectivity index (χ0n) is 8.81. The third-order valence-electron chi connectivity index (χ3n) is 1.65. The van der Waals surface area contributed by atoms with Crippen LogP contribution in [-0.4, -0.2) is 32.2 Å². The van der Waals surface area contributed by atoms with Crippen LogP contribution in [0.25, 0.3) is 0 Å². The number of esters is 1. The molecular weight excluding hydrogens is 314 g/mol. The Hall–Kier alpha value is -1.35. The van der Waals surface area contributed by atoms with Crippen LogP contribution < -0.4 is 10.5 Å². The van der Waals surface area contributed by atoms with Crippen molar-refractivity contribution in [1.29, 1.82) is 0 Å². The van der Waals surface area contributed by atoms with E-state index in [1.165, 1.54) is 12.3 Å². The number of carbonyl (C=O) groups is 1. The minimum Gasteiger partial charge on any atom is -0.468 e. The van der Waals surface area contributed by atoms with Gasteiger partial charge in [-0.2, -0.15) is 0 Å². The van der Waals surface area contributed by atoms with E-state index in [1.54, 1.807) is 0 Å². The van der Waals surface area contributed by atoms with Crippen molar-refractivity contribution in [3.8, 4) is 0 Å². The second-order valence-corrected chi connectivity index (χ2v) is 5.61. The van der Waals surface area contributed by atoms with Crippen LogP contribution in [0, 0.1) is 0 Å². The fourth-order valence-electron chi connectivity index (χ4n) is 0.925. The summed E-state index contributed by atoms with van der Waals surface area (Å²) in [6, 6.07) is 1.49. The number of halogens is 1. The number of nitrogen functional groups attached to an aromatic ring is 1. The summed E-state index contributed by atoms with van der Waals surface area (Å²) in [5, 5.41) is 0. The maximum atomic E-state index is 11.5. The Labute approximate surface area is 107 Å². The Kier molecular flexibility index (Phi) is 4.29. The van der Waals surface area contributed by atoms with Crippen LogP contribution in [0.1, 0.15) is 0 Å². The Morgan fingerprint density at radius 2 is 2.29 bits per heavy atom. The first-order valence-electron chi connectivity index (χ1n) is 4.32. The van der Waals surface area contributed by atoms with E-state index in [-0.39, 0.29) is 5.82 Å². The largest absolute Gasteiger partial charge is 0.468 e. The lowest BCUT2D eigenvalue weighted by atomic mass is 10.4. The van der Waals surface area contributed by atoms with Gasteiger partial charge in [0.1, 0.15) is 0 Å². The van der Waals surface area contributed by atoms with Gasteiger partial charge >= 0.3 is 5.97 Å². The second-order valence-electron chi connectivity index (χ2n) is 3.04. The van der Waals surface area contributed by atoms with Crippen LogP contribution >= 0.6 is 15.9 Å². The molecule has 1 aromatic heterocycles. The first kappa shape index (κ1) is 13.7. The lowest BCUT2D eigenvalue weighted by Gasteiger charge is -2.08. The van der Waals surface area contributed by atoms with E-state index in [0.717, 1.165) is 7.11 Å². The van der Waals surface area contributed by atoms with Crippen LogP contribution in [-0.2, 0) is 19.6 Å². The van der Waals surface area contributed by atoms with E-state index < -0.39 is 21.7 Å². The number of nitrogens with one attached hydrogen (secondary N) is 1. The number of ether oxygens (including phenoxy) is 1. The normalized spacial score (nSPS) is 10.9. The van der Waals surface area contributed by atoms with Crippen molar-refractivity contribution in [2.24, 2.45) is 0 Å². The number of carbonyl (C=O) groups excluding carboxylic acids is 1. The average molecular weight is 324 g/mol. The fraction of sp³-hybridized carbons (Fsp3) is 0.250. The predicted molar refractivity (Wildman–Crippen MR) is 65.8 cm³/mol. The zero-order chi connectivity index (χ0) is 13.1. The first-order valence-corrected chi connectivity index (χ1v) is 6.77. The molecule has 94 valence electrons. The Bertz CT molecular complexity index is 532. The molecule has 0 amide bonds. The molecule has 0 bridgehead atoms. The summed E-state index contributed by atoms with van der Waals surface area (Å²) in [7, 11) is -2.73. The summed E-state index contributed by atoms with van der Waals surface area (Å²) < 4.78 is 29.8. The lowest BCUT2D eigenvalue weighted by molar-refractivity contribution is -0.137. The highest BCUT2D eigenvalue weighted by Crippen LogP contribution is 2.22. The van der Waals surface area contributed by atoms with E-state index in [9.17, 15) is 13.2 Å². The average Bonchev–Trinajstić information content (AvgIpc) is 2.21. The van der Waals surface area contributed by atoms with Crippen molar-refractivity contribution in [3.05, 3.63) is 16.7 Å². The van der Waals surface area contributed by atoms with Gasteiger partial charge < -0.3 is 10.5 Å². The number of sulfonamides is 1. The van der Waals surface area contributed by atoms with Crippen LogP contribution in [0.4, 0.5) is 11.5 Å². The minimum absolute atomic E-state index is 0.0584. The second kappa shape index (κ2) is 5.32. The van der Waals surface area contributed by atoms with Gasteiger partial charge in [-0.1, -0.05) is 0 Å². The SMILES string of the molecule is COC(=O)CS(=O)(=O)Nc1ncc(N)cc1Br. The molecule has 0 unspecified atom stereocenters. The van der Waals surface area contributed by atoms with Crippen LogP contribution in [0.5, 0.6) is 0 Å². The highest BCUT2D eigenvalue weighted by molar-refractivity contribution is 9.10. The quantitative estimate of drug-likeness (QED) is 0.773. The van der Waals surface area contributed by atoms with Gasteiger partial charge in [0.2, 0.25) is 10.0 Å². The van der Waals surface area contributed by atoms with E-state index in [1.807, 2.05) is 0 Å². The number of pyridine rings is 1. The Morgan fingerprint density at radius 3 is 2.82 bits per heavy atom. The maximum absolute atomic E-state index is 11.5. The Morgan fingerprint density at radius 1 is 1.65 bits per heavy atom. The zero-order valence-corrected chi connectivity index (χ0v) is 11.2. The molecule has 7 nitrogen and oxygen atoms in total. The number of aromatic nitrogens is 1. The fourth-order valence-corrected chi connectivity index (χ4v) is 2.48. The summed E-state index contributed by atoms with van der Waals surface area (Å²) >= 11 is 3.10. The smallest absolute Gasteiger partial charge is 0.322 e. The molecule has 0 aliphatic carbocycles. The van der Waals surface area contributed by atoms with Crippen molar-refractivity contribution < 1.29 is 17.9 Å². The molecule has 0 aromatic carbocycles. The van der Waals surface area contributed by atoms with E-state index in [4.69, 9.17) is 5.73 Å². The summed E-state index contributed by atoms with van der Waals surface area (Å²) in [6.45, 7) is 0. The molecule has 1 aromatic rings. The molecule has 1 heterocycles. The molecule has 9 heteroatoms. The van der Waals surface area contributed by atoms with Crippen molar-refractivity contribution in [1.82, 2.24) is 4.98 Å². The van der Waals surface area contributed by atoms with Crippen molar-refractivity contribution in [2.75, 3.05) is 23.3 Å². The van der Waals surface area contributed by atoms with Gasteiger partial charge in [0.15, 0.2) is 11.6 Å². The van der Waals surface area contributed by atoms with E-state index in [0.29, 0.717) is 10.2 Å². The van der Waals surface area contributed by atoms with Gasteiger partial charge in [-0.15, -0.1) is 0 Å². The molecule has 1 rings (SSSR count). The third-order valence-corrected chi connectivity index (χ3v) is 3.37. The predicted octanol–water partition coefficient (Wildman–Crippen LogP) is 0.341. The minimum atomic E-state index is -3.84. The van der Waals surface area contributed by atoms with Gasteiger partial charge in [0, 0.05) is 0 Å². The molecule has 0 radical (unpaired) electrons. The molecular formula is C8H10BrN3O4S. The summed E-state index contributed by atoms with van der Waals surface area (Å²) in [4.78, 5) is 14.6. The maximum Gasteiger partial charge on any atom is 0.322 e. The van der Waals surface area contributed by atoms with E-state index >= 15 is 0 Å². The van der Waals surface area contributed by atoms with Gasteiger partial charge in [-0.25, -0.2) is 13.4 Å². The lowest BCUT2D eigenvalue weighted by Crippen LogP contribution is -2.24. The van der Waals surface area contributed by atoms with Crippen molar-refractivity contribution in [2.45, 2.75) is 0 Å². The number of rotatable bonds is 4. The number of nitrogens with two attached hydrogens (primary N) is 1. The molecule has 3 N–H and O–H groups in total. The third kappa shape index (κ3) is 4.19. The number of nitrogens with zero attached hydrogens (tertiary/aromatic N) is 1. The molecule has 0 spiro atoms. The standard InChI is InChI=1S/C8H10BrN3O4S/c1-16-7(13)4-17(14,15)12-8-6(9)2-5(10)3-11-8/h2-3H,4,10H2,1H3,(H,11,12). The highest BCUT2D eigenvalue weighted by Gasteiger charge is 2.18. The van der Waals surface area contributed by atoms with E-state index in [2.05, 4.69) is 30.4 Å². The molecule has 0 atom stereocenters. The van der Waals surface area contributed by atoms with Gasteiger partial charge in [-0.05, 0) is 22.0 Å². The van der Waals surface area contributed by atoms with Gasteiger partial charge in [-0.3, -0.25) is 9.52 Å². The molecule has 0 saturated carbocycles. The monoisotopic (exact) mass is 323 g/mol. The topological polar surface area (TPSA) is 111 Å². The highest BCUT2D eigenvalue weighted by atomic mass is 79.9. The summed E-state index contributed by atoms with van der Waals surface area (Å²) in [5.74, 6) is -1.57. The van der Waals surface area contributed by atoms with Crippen LogP contribution in [0.15, 0.2) is 16.7 Å². The molecule has 0 saturated heterocycles. The molecule has 17 heavy (non-hydrogen) atoms. The van der Waals surface area contributed by atoms with Gasteiger partial charge in [0.05, 0.1) is 23.5 Å². The molecule has 0 fully saturated rings. The van der Waals surface area contributed by atoms with Crippen molar-refractivity contribution >= 4 is 43.4 Å². The Balaban J connectivity index is 2.87. The van der Waals surface area contributed by atoms with Crippen LogP contribution in [0.3, 0.4) is 0 Å². The first-order chi connectivity index (χ1) is 7.84. The summed E-state index contributed by atoms with van der Waals surface area (Å²) in [5.41, 5.74) is 5.83. The number of anilines is 2. The number of hydrogen-bond acceptors (Lipinski definition) is 6. The molecule has 0 aliphatic rings.